The van der Waals surface area contributed by atoms with Crippen LogP contribution < -0.4 is 10.6 Å². The molecule has 11 heteroatoms. The molecule has 4 N–H and O–H groups in total. The second-order valence-corrected chi connectivity index (χ2v) is 6.39. The minimum Gasteiger partial charge on any atom is -0.394 e. The summed E-state index contributed by atoms with van der Waals surface area (Å²) in [4.78, 5) is 33.1. The third kappa shape index (κ3) is 3.22. The van der Waals surface area contributed by atoms with Crippen molar-refractivity contribution in [3.8, 4) is 0 Å². The lowest BCUT2D eigenvalue weighted by atomic mass is 10.2. The largest absolute Gasteiger partial charge is 0.394 e. The highest BCUT2D eigenvalue weighted by atomic mass is 19.2. The van der Waals surface area contributed by atoms with E-state index in [9.17, 15) is 24.2 Å². The number of nitrogens with one attached hydrogen (secondary N) is 2. The quantitative estimate of drug-likeness (QED) is 0.432. The van der Waals surface area contributed by atoms with Gasteiger partial charge in [0.1, 0.15) is 19.0 Å². The first-order valence-electron chi connectivity index (χ1n) is 7.93. The summed E-state index contributed by atoms with van der Waals surface area (Å²) in [5, 5.41) is 23.0. The molecular formula is C14H20FN5O5. The van der Waals surface area contributed by atoms with Gasteiger partial charge in [0, 0.05) is 12.3 Å². The Morgan fingerprint density at radius 3 is 2.92 bits per heavy atom. The summed E-state index contributed by atoms with van der Waals surface area (Å²) >= 11 is 0. The zero-order valence-corrected chi connectivity index (χ0v) is 13.8. The number of aliphatic hydroxyl groups is 2. The molecule has 0 spiro atoms. The van der Waals surface area contributed by atoms with Crippen LogP contribution in [0.3, 0.4) is 0 Å². The SMILES string of the molecule is CC(C)C(=O)NC1(F)N=C2C(=NCN2[C@H]2C[C@H](O)[C@@H](CO)O2)C(=O)N1. The number of alkyl halides is 1. The summed E-state index contributed by atoms with van der Waals surface area (Å²) in [5.41, 5.74) is -0.0717. The third-order valence-electron chi connectivity index (χ3n) is 4.16. The van der Waals surface area contributed by atoms with Crippen molar-refractivity contribution in [2.24, 2.45) is 15.9 Å². The molecule has 0 aromatic rings. The molecule has 138 valence electrons. The van der Waals surface area contributed by atoms with Crippen LogP contribution in [-0.4, -0.2) is 76.2 Å². The van der Waals surface area contributed by atoms with Gasteiger partial charge in [-0.2, -0.15) is 9.38 Å². The Labute approximate surface area is 142 Å². The first kappa shape index (κ1) is 17.7. The van der Waals surface area contributed by atoms with E-state index in [1.807, 2.05) is 10.6 Å². The smallest absolute Gasteiger partial charge is 0.365 e. The molecule has 25 heavy (non-hydrogen) atoms. The maximum absolute atomic E-state index is 14.9. The van der Waals surface area contributed by atoms with Gasteiger partial charge in [-0.05, 0) is 0 Å². The number of carbonyl (C=O) groups excluding carboxylic acids is 2. The predicted molar refractivity (Wildman–Crippen MR) is 82.9 cm³/mol. The van der Waals surface area contributed by atoms with Gasteiger partial charge in [0.25, 0.3) is 5.91 Å². The maximum Gasteiger partial charge on any atom is 0.365 e. The first-order chi connectivity index (χ1) is 11.7. The Balaban J connectivity index is 1.84. The molecule has 3 rings (SSSR count). The number of rotatable bonds is 4. The van der Waals surface area contributed by atoms with E-state index in [1.165, 1.54) is 4.90 Å². The molecular weight excluding hydrogens is 337 g/mol. The van der Waals surface area contributed by atoms with Crippen molar-refractivity contribution >= 4 is 23.4 Å². The van der Waals surface area contributed by atoms with Gasteiger partial charge in [-0.3, -0.25) is 25.2 Å². The molecule has 0 aromatic heterocycles. The van der Waals surface area contributed by atoms with Crippen LogP contribution in [0.2, 0.25) is 0 Å². The van der Waals surface area contributed by atoms with Gasteiger partial charge in [0.2, 0.25) is 5.91 Å². The third-order valence-corrected chi connectivity index (χ3v) is 4.16. The number of hydrogen-bond acceptors (Lipinski definition) is 8. The van der Waals surface area contributed by atoms with Crippen LogP contribution in [0, 0.1) is 5.92 Å². The van der Waals surface area contributed by atoms with Gasteiger partial charge >= 0.3 is 6.04 Å². The predicted octanol–water partition coefficient (Wildman–Crippen LogP) is -1.95. The lowest BCUT2D eigenvalue weighted by Crippen LogP contribution is -2.63. The molecule has 2 amide bonds. The monoisotopic (exact) mass is 357 g/mol. The topological polar surface area (TPSA) is 136 Å². The molecule has 3 heterocycles. The van der Waals surface area contributed by atoms with Crippen LogP contribution in [0.1, 0.15) is 20.3 Å². The van der Waals surface area contributed by atoms with E-state index in [4.69, 9.17) is 4.74 Å². The summed E-state index contributed by atoms with van der Waals surface area (Å²) < 4.78 is 20.4. The second-order valence-electron chi connectivity index (χ2n) is 6.39. The molecule has 1 fully saturated rings. The standard InChI is InChI=1S/C14H20FN5O5/c1-6(2)12(23)18-14(15)17-11-10(13(24)19-14)16-5-20(11)9-3-7(22)8(4-21)25-9/h6-9,21-22H,3-5H2,1-2H3,(H,18,23)(H,19,24)/t7-,8+,9+,14?/m0/s1. The number of fused-ring (bicyclic) bond motifs is 1. The van der Waals surface area contributed by atoms with Gasteiger partial charge in [-0.1, -0.05) is 13.8 Å². The lowest BCUT2D eigenvalue weighted by Gasteiger charge is -2.32. The maximum atomic E-state index is 14.9. The van der Waals surface area contributed by atoms with Crippen molar-refractivity contribution < 1.29 is 28.9 Å². The average Bonchev–Trinajstić information content (AvgIpc) is 3.09. The number of aliphatic imine (C=N–C) groups is 2. The highest BCUT2D eigenvalue weighted by molar-refractivity contribution is 6.67. The van der Waals surface area contributed by atoms with Gasteiger partial charge in [0.05, 0.1) is 12.7 Å². The van der Waals surface area contributed by atoms with E-state index in [2.05, 4.69) is 9.98 Å². The highest BCUT2D eigenvalue weighted by Crippen LogP contribution is 2.27. The normalized spacial score (nSPS) is 34.6. The van der Waals surface area contributed by atoms with E-state index in [-0.39, 0.29) is 31.2 Å². The van der Waals surface area contributed by atoms with Gasteiger partial charge in [-0.15, -0.1) is 0 Å². The van der Waals surface area contributed by atoms with Gasteiger partial charge < -0.3 is 19.8 Å². The Hall–Kier alpha value is -2.11. The van der Waals surface area contributed by atoms with E-state index >= 15 is 0 Å². The van der Waals surface area contributed by atoms with Crippen molar-refractivity contribution in [3.05, 3.63) is 0 Å². The number of ether oxygens (including phenoxy) is 1. The minimum absolute atomic E-state index is 0.00860. The van der Waals surface area contributed by atoms with Crippen LogP contribution in [0.15, 0.2) is 9.98 Å². The number of carbonyl (C=O) groups is 2. The van der Waals surface area contributed by atoms with Crippen LogP contribution in [-0.2, 0) is 14.3 Å². The Morgan fingerprint density at radius 2 is 2.32 bits per heavy atom. The molecule has 4 atom stereocenters. The fourth-order valence-corrected chi connectivity index (χ4v) is 2.76. The molecule has 10 nitrogen and oxygen atoms in total. The van der Waals surface area contributed by atoms with Crippen LogP contribution in [0.4, 0.5) is 4.39 Å². The van der Waals surface area contributed by atoms with Crippen molar-refractivity contribution in [2.45, 2.75) is 44.7 Å². The summed E-state index contributed by atoms with van der Waals surface area (Å²) in [6.45, 7) is 2.77. The second kappa shape index (κ2) is 6.32. The average molecular weight is 357 g/mol. The number of aliphatic hydroxyl groups excluding tert-OH is 2. The molecule has 0 aliphatic carbocycles. The molecule has 0 saturated carbocycles. The van der Waals surface area contributed by atoms with Gasteiger partial charge in [-0.25, -0.2) is 0 Å². The molecule has 3 aliphatic heterocycles. The van der Waals surface area contributed by atoms with Gasteiger partial charge in [0.15, 0.2) is 11.5 Å². The Kier molecular flexibility index (Phi) is 4.47. The van der Waals surface area contributed by atoms with Crippen molar-refractivity contribution in [2.75, 3.05) is 13.3 Å². The van der Waals surface area contributed by atoms with Crippen molar-refractivity contribution in [1.82, 2.24) is 15.5 Å². The zero-order chi connectivity index (χ0) is 18.4. The molecule has 0 radical (unpaired) electrons. The number of hydrogen-bond donors (Lipinski definition) is 4. The molecule has 1 unspecified atom stereocenters. The molecule has 3 aliphatic rings. The van der Waals surface area contributed by atoms with Crippen LogP contribution in [0.5, 0.6) is 0 Å². The summed E-state index contributed by atoms with van der Waals surface area (Å²) in [7, 11) is 0. The fraction of sp³-hybridized carbons (Fsp3) is 0.714. The lowest BCUT2D eigenvalue weighted by molar-refractivity contribution is -0.131. The number of nitrogens with zero attached hydrogens (tertiary/aromatic N) is 3. The van der Waals surface area contributed by atoms with E-state index in [0.29, 0.717) is 0 Å². The van der Waals surface area contributed by atoms with E-state index < -0.39 is 42.2 Å². The summed E-state index contributed by atoms with van der Waals surface area (Å²) in [5.74, 6) is -1.99. The molecule has 1 saturated heterocycles. The number of amidine groups is 1. The Morgan fingerprint density at radius 1 is 1.60 bits per heavy atom. The first-order valence-corrected chi connectivity index (χ1v) is 7.93. The van der Waals surface area contributed by atoms with Crippen molar-refractivity contribution in [3.63, 3.8) is 0 Å². The molecule has 0 bridgehead atoms. The number of halogens is 1. The highest BCUT2D eigenvalue weighted by Gasteiger charge is 2.48. The number of amides is 2. The van der Waals surface area contributed by atoms with E-state index in [1.54, 1.807) is 13.8 Å². The van der Waals surface area contributed by atoms with Crippen molar-refractivity contribution in [1.29, 1.82) is 0 Å². The summed E-state index contributed by atoms with van der Waals surface area (Å²) in [6.07, 6.45) is -2.24. The van der Waals surface area contributed by atoms with Crippen LogP contribution in [0.25, 0.3) is 0 Å². The summed E-state index contributed by atoms with van der Waals surface area (Å²) in [6, 6.07) is -2.79. The Bertz CT molecular complexity index is 654. The van der Waals surface area contributed by atoms with E-state index in [0.717, 1.165) is 0 Å². The molecule has 0 aromatic carbocycles. The fourth-order valence-electron chi connectivity index (χ4n) is 2.76. The zero-order valence-electron chi connectivity index (χ0n) is 13.8. The van der Waals surface area contributed by atoms with Crippen LogP contribution >= 0.6 is 0 Å². The minimum atomic E-state index is -2.79.